The second kappa shape index (κ2) is 4.57. The number of rotatable bonds is 6. The van der Waals surface area contributed by atoms with Gasteiger partial charge in [0.25, 0.3) is 0 Å². The average molecular weight is 222 g/mol. The molecule has 0 aliphatic carbocycles. The van der Waals surface area contributed by atoms with E-state index < -0.39 is 31.2 Å². The van der Waals surface area contributed by atoms with Gasteiger partial charge >= 0.3 is 0 Å². The van der Waals surface area contributed by atoms with Crippen LogP contribution in [0.2, 0.25) is 0 Å². The summed E-state index contributed by atoms with van der Waals surface area (Å²) in [4.78, 5) is 0. The first-order valence-corrected chi connectivity index (χ1v) is 6.59. The van der Waals surface area contributed by atoms with E-state index in [2.05, 4.69) is 13.2 Å². The third-order valence-electron chi connectivity index (χ3n) is 0.928. The van der Waals surface area contributed by atoms with Gasteiger partial charge < -0.3 is 0 Å². The van der Waals surface area contributed by atoms with Crippen LogP contribution in [0.3, 0.4) is 0 Å². The fourth-order valence-corrected chi connectivity index (χ4v) is 3.28. The maximum absolute atomic E-state index is 10.9. The molecule has 0 amide bonds. The van der Waals surface area contributed by atoms with Crippen molar-refractivity contribution in [1.82, 2.24) is 0 Å². The minimum atomic E-state index is -3.82. The number of hydrogen-bond acceptors (Lipinski definition) is 4. The molecule has 74 valence electrons. The van der Waals surface area contributed by atoms with Crippen molar-refractivity contribution in [3.8, 4) is 0 Å². The van der Waals surface area contributed by atoms with E-state index in [9.17, 15) is 16.8 Å². The number of hydrogen-bond donors (Lipinski definition) is 0. The predicted octanol–water partition coefficient (Wildman–Crippen LogP) is 0.184. The van der Waals surface area contributed by atoms with Crippen LogP contribution in [-0.2, 0) is 19.7 Å². The van der Waals surface area contributed by atoms with Crippen molar-refractivity contribution in [2.45, 2.75) is 0 Å². The lowest BCUT2D eigenvalue weighted by molar-refractivity contribution is 0.597. The zero-order chi connectivity index (χ0) is 10.5. The Morgan fingerprint density at radius 3 is 1.46 bits per heavy atom. The van der Waals surface area contributed by atoms with Gasteiger partial charge in [-0.3, -0.25) is 0 Å². The lowest BCUT2D eigenvalue weighted by Gasteiger charge is -1.98. The van der Waals surface area contributed by atoms with E-state index in [-0.39, 0.29) is 0 Å². The monoisotopic (exact) mass is 222 g/mol. The molecular formula is C7H10O4S2. The van der Waals surface area contributed by atoms with Gasteiger partial charge in [0.15, 0.2) is 19.7 Å². The summed E-state index contributed by atoms with van der Waals surface area (Å²) >= 11 is 0. The Morgan fingerprint density at radius 2 is 1.23 bits per heavy atom. The van der Waals surface area contributed by atoms with Gasteiger partial charge in [0, 0.05) is 0 Å². The van der Waals surface area contributed by atoms with E-state index in [4.69, 9.17) is 0 Å². The minimum absolute atomic E-state index is 0.427. The van der Waals surface area contributed by atoms with Gasteiger partial charge in [-0.2, -0.15) is 0 Å². The summed E-state index contributed by atoms with van der Waals surface area (Å²) in [5, 5.41) is 1.54. The maximum atomic E-state index is 10.9. The first kappa shape index (κ1) is 12.4. The summed E-state index contributed by atoms with van der Waals surface area (Å²) in [5.41, 5.74) is 0. The lowest BCUT2D eigenvalue weighted by atomic mass is 10.8. The number of sulfone groups is 2. The van der Waals surface area contributed by atoms with Gasteiger partial charge in [-0.15, -0.1) is 13.2 Å². The highest BCUT2D eigenvalue weighted by Crippen LogP contribution is 2.05. The molecule has 2 radical (unpaired) electrons. The molecule has 0 aromatic heterocycles. The van der Waals surface area contributed by atoms with Gasteiger partial charge in [-0.05, 0) is 0 Å². The van der Waals surface area contributed by atoms with E-state index in [0.717, 1.165) is 12.2 Å². The zero-order valence-electron chi connectivity index (χ0n) is 6.93. The molecule has 0 saturated heterocycles. The first-order chi connectivity index (χ1) is 5.83. The highest BCUT2D eigenvalue weighted by atomic mass is 32.3. The fourth-order valence-electron chi connectivity index (χ4n) is 0.572. The van der Waals surface area contributed by atoms with E-state index in [1.807, 2.05) is 0 Å². The Hall–Kier alpha value is -0.620. The molecule has 4 nitrogen and oxygen atoms in total. The molecule has 0 aromatic rings. The van der Waals surface area contributed by atoms with Crippen molar-refractivity contribution in [3.05, 3.63) is 30.4 Å². The quantitative estimate of drug-likeness (QED) is 0.601. The first-order valence-electron chi connectivity index (χ1n) is 3.29. The van der Waals surface area contributed by atoms with Crippen LogP contribution in [0.25, 0.3) is 0 Å². The molecular weight excluding hydrogens is 212 g/mol. The van der Waals surface area contributed by atoms with Crippen molar-refractivity contribution in [3.63, 3.8) is 0 Å². The van der Waals surface area contributed by atoms with Crippen LogP contribution in [0, 0.1) is 5.08 Å². The van der Waals surface area contributed by atoms with Crippen LogP contribution < -0.4 is 0 Å². The summed E-state index contributed by atoms with van der Waals surface area (Å²) in [6.07, 6.45) is 2.21. The van der Waals surface area contributed by atoms with Crippen molar-refractivity contribution in [2.24, 2.45) is 0 Å². The Kier molecular flexibility index (Phi) is 4.35. The van der Waals surface area contributed by atoms with Crippen molar-refractivity contribution >= 4 is 19.7 Å². The average Bonchev–Trinajstić information content (AvgIpc) is 1.82. The van der Waals surface area contributed by atoms with Crippen molar-refractivity contribution in [2.75, 3.05) is 11.5 Å². The largest absolute Gasteiger partial charge is 0.246 e. The van der Waals surface area contributed by atoms with Crippen molar-refractivity contribution in [1.29, 1.82) is 0 Å². The molecule has 6 heteroatoms. The Balaban J connectivity index is 4.62. The molecule has 13 heavy (non-hydrogen) atoms. The third-order valence-corrected chi connectivity index (χ3v) is 4.31. The predicted molar refractivity (Wildman–Crippen MR) is 51.2 cm³/mol. The molecule has 0 unspecified atom stereocenters. The van der Waals surface area contributed by atoms with Gasteiger partial charge in [0.1, 0.15) is 0 Å². The summed E-state index contributed by atoms with van der Waals surface area (Å²) in [7, 11) is -7.63. The van der Waals surface area contributed by atoms with Crippen LogP contribution in [-0.4, -0.2) is 28.3 Å². The summed E-state index contributed by atoms with van der Waals surface area (Å²) in [5.74, 6) is -0.854. The molecule has 0 spiro atoms. The van der Waals surface area contributed by atoms with Crippen LogP contribution >= 0.6 is 0 Å². The Labute approximate surface area is 78.8 Å². The minimum Gasteiger partial charge on any atom is -0.227 e. The van der Waals surface area contributed by atoms with Crippen LogP contribution in [0.1, 0.15) is 0 Å². The smallest absolute Gasteiger partial charge is 0.227 e. The topological polar surface area (TPSA) is 68.3 Å². The van der Waals surface area contributed by atoms with Gasteiger partial charge in [0.2, 0.25) is 5.08 Å². The normalized spacial score (nSPS) is 12.3. The standard InChI is InChI=1S/C7H10O4S2/c1-3-5-12(8,9)7-13(10,11)6-4-2/h3-4H,1-2,5-6H2. The van der Waals surface area contributed by atoms with Gasteiger partial charge in [-0.1, -0.05) is 12.2 Å². The second-order valence-electron chi connectivity index (χ2n) is 2.22. The highest BCUT2D eigenvalue weighted by Gasteiger charge is 2.22. The van der Waals surface area contributed by atoms with Crippen LogP contribution in [0.15, 0.2) is 25.3 Å². The molecule has 0 aliphatic rings. The molecule has 0 atom stereocenters. The molecule has 0 N–H and O–H groups in total. The molecule has 0 aromatic carbocycles. The summed E-state index contributed by atoms with van der Waals surface area (Å²) < 4.78 is 43.7. The van der Waals surface area contributed by atoms with E-state index >= 15 is 0 Å². The van der Waals surface area contributed by atoms with E-state index in [0.29, 0.717) is 0 Å². The molecule has 0 fully saturated rings. The highest BCUT2D eigenvalue weighted by molar-refractivity contribution is 8.11. The maximum Gasteiger partial charge on any atom is 0.246 e. The molecule has 0 heterocycles. The van der Waals surface area contributed by atoms with Gasteiger partial charge in [-0.25, -0.2) is 16.8 Å². The van der Waals surface area contributed by atoms with Gasteiger partial charge in [0.05, 0.1) is 11.5 Å². The summed E-state index contributed by atoms with van der Waals surface area (Å²) in [6, 6.07) is 0. The second-order valence-corrected chi connectivity index (χ2v) is 6.02. The van der Waals surface area contributed by atoms with E-state index in [1.165, 1.54) is 5.08 Å². The third kappa shape index (κ3) is 5.59. The molecule has 0 aliphatic heterocycles. The molecule has 0 rings (SSSR count). The van der Waals surface area contributed by atoms with Crippen molar-refractivity contribution < 1.29 is 16.8 Å². The SMILES string of the molecule is C=CCS(=O)(=O)[C]S(=O)(=O)CC=C. The molecule has 0 bridgehead atoms. The Morgan fingerprint density at radius 1 is 0.923 bits per heavy atom. The fraction of sp³-hybridized carbons (Fsp3) is 0.286. The van der Waals surface area contributed by atoms with E-state index in [1.54, 1.807) is 0 Å². The Bertz CT molecular complexity index is 337. The summed E-state index contributed by atoms with van der Waals surface area (Å²) in [6.45, 7) is 6.38. The molecule has 0 saturated carbocycles. The lowest BCUT2D eigenvalue weighted by Crippen LogP contribution is -2.14. The zero-order valence-corrected chi connectivity index (χ0v) is 8.57. The van der Waals surface area contributed by atoms with Crippen LogP contribution in [0.5, 0.6) is 0 Å². The van der Waals surface area contributed by atoms with Crippen LogP contribution in [0.4, 0.5) is 0 Å².